The number of ether oxygens (including phenoxy) is 1. The van der Waals surface area contributed by atoms with Crippen molar-refractivity contribution in [3.05, 3.63) is 29.6 Å². The second-order valence-electron chi connectivity index (χ2n) is 6.55. The van der Waals surface area contributed by atoms with Crippen LogP contribution in [0.5, 0.6) is 0 Å². The third-order valence-corrected chi connectivity index (χ3v) is 4.69. The summed E-state index contributed by atoms with van der Waals surface area (Å²) in [6.07, 6.45) is 8.35. The highest BCUT2D eigenvalue weighted by molar-refractivity contribution is 5.79. The molecule has 5 nitrogen and oxygen atoms in total. The third-order valence-electron chi connectivity index (χ3n) is 4.69. The zero-order chi connectivity index (χ0) is 17.2. The molecule has 1 fully saturated rings. The van der Waals surface area contributed by atoms with Crippen LogP contribution in [0.4, 0.5) is 0 Å². The number of pyridine rings is 1. The smallest absolute Gasteiger partial charge is 0.193 e. The van der Waals surface area contributed by atoms with E-state index in [1.165, 1.54) is 30.4 Å². The van der Waals surface area contributed by atoms with Crippen molar-refractivity contribution in [1.29, 1.82) is 0 Å². The maximum Gasteiger partial charge on any atom is 0.193 e. The number of aromatic nitrogens is 1. The molecule has 2 rings (SSSR count). The second-order valence-corrected chi connectivity index (χ2v) is 6.55. The summed E-state index contributed by atoms with van der Waals surface area (Å²) in [5, 5.41) is 3.41. The van der Waals surface area contributed by atoms with Gasteiger partial charge in [-0.25, -0.2) is 0 Å². The monoisotopic (exact) mass is 332 g/mol. The molecule has 1 saturated heterocycles. The minimum Gasteiger partial charge on any atom is -0.381 e. The summed E-state index contributed by atoms with van der Waals surface area (Å²) in [5.74, 6) is 1.81. The van der Waals surface area contributed by atoms with Gasteiger partial charge in [-0.3, -0.25) is 9.98 Å². The molecule has 24 heavy (non-hydrogen) atoms. The lowest BCUT2D eigenvalue weighted by Crippen LogP contribution is -2.40. The van der Waals surface area contributed by atoms with Gasteiger partial charge < -0.3 is 15.0 Å². The summed E-state index contributed by atoms with van der Waals surface area (Å²) in [6.45, 7) is 8.82. The van der Waals surface area contributed by atoms with Gasteiger partial charge in [0.2, 0.25) is 0 Å². The fraction of sp³-hybridized carbons (Fsp3) is 0.684. The Morgan fingerprint density at radius 2 is 2.21 bits per heavy atom. The van der Waals surface area contributed by atoms with Crippen molar-refractivity contribution in [2.24, 2.45) is 10.9 Å². The van der Waals surface area contributed by atoms with Gasteiger partial charge in [-0.1, -0.05) is 0 Å². The Labute approximate surface area is 146 Å². The summed E-state index contributed by atoms with van der Waals surface area (Å²) < 4.78 is 5.44. The zero-order valence-corrected chi connectivity index (χ0v) is 15.4. The topological polar surface area (TPSA) is 49.8 Å². The minimum atomic E-state index is 0.795. The van der Waals surface area contributed by atoms with E-state index in [-0.39, 0.29) is 0 Å². The van der Waals surface area contributed by atoms with Crippen LogP contribution in [-0.2, 0) is 11.2 Å². The molecule has 134 valence electrons. The number of guanidine groups is 1. The van der Waals surface area contributed by atoms with E-state index in [4.69, 9.17) is 9.73 Å². The van der Waals surface area contributed by atoms with E-state index in [0.717, 1.165) is 51.1 Å². The Bertz CT molecular complexity index is 512. The van der Waals surface area contributed by atoms with Gasteiger partial charge in [0, 0.05) is 52.3 Å². The van der Waals surface area contributed by atoms with Crippen LogP contribution in [0.15, 0.2) is 23.5 Å². The van der Waals surface area contributed by atoms with Gasteiger partial charge in [0.25, 0.3) is 0 Å². The first-order valence-electron chi connectivity index (χ1n) is 9.17. The number of rotatable bonds is 7. The van der Waals surface area contributed by atoms with Crippen molar-refractivity contribution in [1.82, 2.24) is 15.2 Å². The molecule has 2 heterocycles. The predicted molar refractivity (Wildman–Crippen MR) is 99.4 cm³/mol. The van der Waals surface area contributed by atoms with Crippen LogP contribution < -0.4 is 5.32 Å². The van der Waals surface area contributed by atoms with Gasteiger partial charge in [-0.2, -0.15) is 0 Å². The van der Waals surface area contributed by atoms with Crippen molar-refractivity contribution >= 4 is 5.96 Å². The van der Waals surface area contributed by atoms with Crippen LogP contribution in [0.1, 0.15) is 37.3 Å². The average Bonchev–Trinajstić information content (AvgIpc) is 2.61. The number of nitrogens with zero attached hydrogens (tertiary/aromatic N) is 3. The Morgan fingerprint density at radius 1 is 1.42 bits per heavy atom. The average molecular weight is 332 g/mol. The van der Waals surface area contributed by atoms with Crippen molar-refractivity contribution in [3.63, 3.8) is 0 Å². The van der Waals surface area contributed by atoms with E-state index in [1.807, 2.05) is 12.4 Å². The summed E-state index contributed by atoms with van der Waals surface area (Å²) in [6, 6.07) is 2.09. The third kappa shape index (κ3) is 6.11. The lowest BCUT2D eigenvalue weighted by atomic mass is 9.96. The highest BCUT2D eigenvalue weighted by Gasteiger charge is 2.15. The molecule has 1 aliphatic rings. The quantitative estimate of drug-likeness (QED) is 0.616. The molecule has 0 bridgehead atoms. The van der Waals surface area contributed by atoms with Crippen LogP contribution in [0.2, 0.25) is 0 Å². The highest BCUT2D eigenvalue weighted by atomic mass is 16.5. The number of hydrogen-bond acceptors (Lipinski definition) is 3. The first-order valence-corrected chi connectivity index (χ1v) is 9.17. The highest BCUT2D eigenvalue weighted by Crippen LogP contribution is 2.18. The molecular formula is C19H32N4O. The predicted octanol–water partition coefficient (Wildman–Crippen LogP) is 2.65. The molecule has 0 saturated carbocycles. The van der Waals surface area contributed by atoms with E-state index in [0.29, 0.717) is 0 Å². The lowest BCUT2D eigenvalue weighted by molar-refractivity contribution is 0.0625. The molecule has 0 aliphatic carbocycles. The largest absolute Gasteiger partial charge is 0.381 e. The lowest BCUT2D eigenvalue weighted by Gasteiger charge is -2.26. The molecule has 0 amide bonds. The van der Waals surface area contributed by atoms with Gasteiger partial charge in [0.15, 0.2) is 5.96 Å². The second kappa shape index (κ2) is 10.3. The molecule has 1 aliphatic heterocycles. The van der Waals surface area contributed by atoms with Crippen LogP contribution >= 0.6 is 0 Å². The summed E-state index contributed by atoms with van der Waals surface area (Å²) in [5.41, 5.74) is 2.57. The molecule has 0 radical (unpaired) electrons. The molecule has 5 heteroatoms. The molecule has 1 aromatic rings. The van der Waals surface area contributed by atoms with E-state index in [1.54, 1.807) is 0 Å². The molecule has 0 unspecified atom stereocenters. The normalized spacial score (nSPS) is 16.2. The van der Waals surface area contributed by atoms with E-state index in [9.17, 15) is 0 Å². The fourth-order valence-corrected chi connectivity index (χ4v) is 3.05. The van der Waals surface area contributed by atoms with Gasteiger partial charge in [-0.15, -0.1) is 0 Å². The van der Waals surface area contributed by atoms with E-state index in [2.05, 4.69) is 42.2 Å². The zero-order valence-electron chi connectivity index (χ0n) is 15.4. The summed E-state index contributed by atoms with van der Waals surface area (Å²) in [7, 11) is 2.14. The minimum absolute atomic E-state index is 0.795. The van der Waals surface area contributed by atoms with Crippen molar-refractivity contribution in [3.8, 4) is 0 Å². The maximum absolute atomic E-state index is 5.44. The summed E-state index contributed by atoms with van der Waals surface area (Å²) >= 11 is 0. The molecule has 0 atom stereocenters. The van der Waals surface area contributed by atoms with Gasteiger partial charge in [-0.05, 0) is 62.6 Å². The first kappa shape index (κ1) is 18.7. The fourth-order valence-electron chi connectivity index (χ4n) is 3.05. The Hall–Kier alpha value is -1.62. The van der Waals surface area contributed by atoms with Crippen LogP contribution in [0, 0.1) is 12.8 Å². The SMILES string of the molecule is CCNC(=NCCc1ccncc1C)N(C)CCC1CCOCC1. The first-order chi connectivity index (χ1) is 11.7. The van der Waals surface area contributed by atoms with Crippen LogP contribution in [0.3, 0.4) is 0 Å². The van der Waals surface area contributed by atoms with Gasteiger partial charge in [0.05, 0.1) is 0 Å². The number of aliphatic imine (C=N–C) groups is 1. The maximum atomic E-state index is 5.44. The Morgan fingerprint density at radius 3 is 2.92 bits per heavy atom. The molecule has 0 spiro atoms. The summed E-state index contributed by atoms with van der Waals surface area (Å²) in [4.78, 5) is 11.2. The van der Waals surface area contributed by atoms with Crippen molar-refractivity contribution in [2.45, 2.75) is 39.5 Å². The molecule has 1 aromatic heterocycles. The Balaban J connectivity index is 1.83. The van der Waals surface area contributed by atoms with Crippen molar-refractivity contribution < 1.29 is 4.74 Å². The number of aryl methyl sites for hydroxylation is 1. The van der Waals surface area contributed by atoms with E-state index >= 15 is 0 Å². The molecule has 0 aromatic carbocycles. The van der Waals surface area contributed by atoms with Crippen LogP contribution in [-0.4, -0.2) is 55.7 Å². The van der Waals surface area contributed by atoms with Crippen molar-refractivity contribution in [2.75, 3.05) is 39.9 Å². The number of hydrogen-bond donors (Lipinski definition) is 1. The standard InChI is InChI=1S/C19H32N4O/c1-4-21-19(22-11-6-18-5-10-20-15-16(18)2)23(3)12-7-17-8-13-24-14-9-17/h5,10,15,17H,4,6-9,11-14H2,1-3H3,(H,21,22). The molecular weight excluding hydrogens is 300 g/mol. The van der Waals surface area contributed by atoms with E-state index < -0.39 is 0 Å². The number of nitrogens with one attached hydrogen (secondary N) is 1. The van der Waals surface area contributed by atoms with Gasteiger partial charge >= 0.3 is 0 Å². The Kier molecular flexibility index (Phi) is 8.02. The molecule has 1 N–H and O–H groups in total. The van der Waals surface area contributed by atoms with Gasteiger partial charge in [0.1, 0.15) is 0 Å². The van der Waals surface area contributed by atoms with Crippen LogP contribution in [0.25, 0.3) is 0 Å².